The zero-order chi connectivity index (χ0) is 12.6. The highest BCUT2D eigenvalue weighted by atomic mass is 32.2. The highest BCUT2D eigenvalue weighted by Crippen LogP contribution is 2.31. The van der Waals surface area contributed by atoms with Crippen molar-refractivity contribution in [3.63, 3.8) is 0 Å². The van der Waals surface area contributed by atoms with Crippen molar-refractivity contribution in [2.75, 3.05) is 0 Å². The first-order valence-corrected chi connectivity index (χ1v) is 9.92. The van der Waals surface area contributed by atoms with E-state index in [0.29, 0.717) is 5.56 Å². The van der Waals surface area contributed by atoms with E-state index < -0.39 is 28.9 Å². The van der Waals surface area contributed by atoms with Crippen molar-refractivity contribution in [1.29, 1.82) is 0 Å². The van der Waals surface area contributed by atoms with Gasteiger partial charge in [0.25, 0.3) is 10.1 Å². The Morgan fingerprint density at radius 3 is 1.94 bits per heavy atom. The lowest BCUT2D eigenvalue weighted by molar-refractivity contribution is 0.479. The van der Waals surface area contributed by atoms with E-state index in [2.05, 4.69) is 0 Å². The first-order valence-electron chi connectivity index (χ1n) is 4.84. The van der Waals surface area contributed by atoms with Gasteiger partial charge in [0.05, 0.1) is 8.07 Å². The summed E-state index contributed by atoms with van der Waals surface area (Å²) in [5.74, 6) is -0.423. The summed E-state index contributed by atoms with van der Waals surface area (Å²) in [7, 11) is -6.29. The number of hydrogen-bond donors (Lipinski definition) is 1. The molecule has 16 heavy (non-hydrogen) atoms. The standard InChI is InChI=1S/C10H15FO3SSi/c1-16(2,3)10(15(12,13)14)8-4-6-9(11)7-5-8/h4-7,10H,1-3H3,(H,12,13,14). The minimum Gasteiger partial charge on any atom is -0.285 e. The molecule has 0 heterocycles. The normalized spacial score (nSPS) is 14.8. The van der Waals surface area contributed by atoms with E-state index in [1.165, 1.54) is 24.3 Å². The topological polar surface area (TPSA) is 54.4 Å². The largest absolute Gasteiger partial charge is 0.285 e. The molecular weight excluding hydrogens is 247 g/mol. The smallest absolute Gasteiger partial charge is 0.269 e. The van der Waals surface area contributed by atoms with E-state index in [1.807, 2.05) is 19.6 Å². The van der Waals surface area contributed by atoms with E-state index in [0.717, 1.165) is 0 Å². The van der Waals surface area contributed by atoms with Crippen LogP contribution in [-0.4, -0.2) is 21.0 Å². The van der Waals surface area contributed by atoms with Gasteiger partial charge in [0.1, 0.15) is 10.7 Å². The fourth-order valence-electron chi connectivity index (χ4n) is 1.76. The fraction of sp³-hybridized carbons (Fsp3) is 0.400. The van der Waals surface area contributed by atoms with E-state index in [-0.39, 0.29) is 0 Å². The average Bonchev–Trinajstić information content (AvgIpc) is 2.03. The molecule has 1 aromatic rings. The highest BCUT2D eigenvalue weighted by Gasteiger charge is 2.37. The van der Waals surface area contributed by atoms with Gasteiger partial charge in [0.2, 0.25) is 0 Å². The molecule has 0 saturated heterocycles. The molecule has 1 rings (SSSR count). The van der Waals surface area contributed by atoms with Crippen molar-refractivity contribution in [2.24, 2.45) is 0 Å². The lowest BCUT2D eigenvalue weighted by Crippen LogP contribution is -2.36. The first-order chi connectivity index (χ1) is 7.12. The molecule has 0 aliphatic rings. The Morgan fingerprint density at radius 2 is 1.62 bits per heavy atom. The molecule has 0 amide bonds. The number of benzene rings is 1. The lowest BCUT2D eigenvalue weighted by atomic mass is 10.2. The molecule has 0 saturated carbocycles. The molecule has 1 unspecified atom stereocenters. The minimum absolute atomic E-state index is 0.423. The summed E-state index contributed by atoms with van der Waals surface area (Å²) in [6, 6.07) is 5.22. The van der Waals surface area contributed by atoms with Crippen LogP contribution < -0.4 is 0 Å². The summed E-state index contributed by atoms with van der Waals surface area (Å²) in [6.45, 7) is 5.53. The van der Waals surface area contributed by atoms with Crippen LogP contribution in [0.3, 0.4) is 0 Å². The van der Waals surface area contributed by atoms with Gasteiger partial charge >= 0.3 is 0 Å². The zero-order valence-electron chi connectivity index (χ0n) is 9.44. The Balaban J connectivity index is 3.29. The molecule has 1 aromatic carbocycles. The summed E-state index contributed by atoms with van der Waals surface area (Å²) in [5, 5.41) is 0. The molecule has 0 fully saturated rings. The van der Waals surface area contributed by atoms with Crippen molar-refractivity contribution in [3.8, 4) is 0 Å². The Morgan fingerprint density at radius 1 is 1.19 bits per heavy atom. The maximum absolute atomic E-state index is 12.7. The Kier molecular flexibility index (Phi) is 3.56. The molecule has 0 aromatic heterocycles. The van der Waals surface area contributed by atoms with Gasteiger partial charge in [-0.05, 0) is 17.7 Å². The van der Waals surface area contributed by atoms with Crippen LogP contribution in [0, 0.1) is 5.82 Å². The Bertz CT molecular complexity index is 462. The SMILES string of the molecule is C[Si](C)(C)C(c1ccc(F)cc1)S(=O)(=O)O. The molecule has 1 atom stereocenters. The Hall–Kier alpha value is -0.723. The van der Waals surface area contributed by atoms with E-state index >= 15 is 0 Å². The lowest BCUT2D eigenvalue weighted by Gasteiger charge is -2.26. The second-order valence-electron chi connectivity index (χ2n) is 4.81. The maximum Gasteiger partial charge on any atom is 0.269 e. The van der Waals surface area contributed by atoms with Gasteiger partial charge in [-0.25, -0.2) is 4.39 Å². The zero-order valence-corrected chi connectivity index (χ0v) is 11.3. The van der Waals surface area contributed by atoms with Crippen molar-refractivity contribution in [1.82, 2.24) is 0 Å². The molecule has 6 heteroatoms. The van der Waals surface area contributed by atoms with Crippen LogP contribution in [0.25, 0.3) is 0 Å². The molecule has 0 bridgehead atoms. The second-order valence-corrected chi connectivity index (χ2v) is 12.0. The van der Waals surface area contributed by atoms with E-state index in [1.54, 1.807) is 0 Å². The van der Waals surface area contributed by atoms with Gasteiger partial charge < -0.3 is 0 Å². The van der Waals surface area contributed by atoms with Gasteiger partial charge in [-0.1, -0.05) is 31.8 Å². The number of rotatable bonds is 3. The maximum atomic E-state index is 12.7. The second kappa shape index (κ2) is 4.27. The predicted octanol–water partition coefficient (Wildman–Crippen LogP) is 2.63. The molecule has 1 N–H and O–H groups in total. The van der Waals surface area contributed by atoms with Gasteiger partial charge in [-0.3, -0.25) is 4.55 Å². The van der Waals surface area contributed by atoms with Gasteiger partial charge in [0.15, 0.2) is 0 Å². The minimum atomic E-state index is -4.15. The predicted molar refractivity (Wildman–Crippen MR) is 64.0 cm³/mol. The molecular formula is C10H15FO3SSi. The summed E-state index contributed by atoms with van der Waals surface area (Å²) >= 11 is 0. The van der Waals surface area contributed by atoms with Crippen molar-refractivity contribution >= 4 is 18.2 Å². The van der Waals surface area contributed by atoms with Crippen LogP contribution in [0.5, 0.6) is 0 Å². The van der Waals surface area contributed by atoms with Crippen LogP contribution in [0.15, 0.2) is 24.3 Å². The molecule has 90 valence electrons. The Labute approximate surface area is 96.1 Å². The third-order valence-electron chi connectivity index (χ3n) is 2.26. The van der Waals surface area contributed by atoms with Crippen molar-refractivity contribution in [3.05, 3.63) is 35.6 Å². The number of hydrogen-bond acceptors (Lipinski definition) is 2. The third-order valence-corrected chi connectivity index (χ3v) is 8.05. The average molecular weight is 262 g/mol. The van der Waals surface area contributed by atoms with Crippen LogP contribution in [0.4, 0.5) is 4.39 Å². The van der Waals surface area contributed by atoms with E-state index in [4.69, 9.17) is 0 Å². The van der Waals surface area contributed by atoms with Crippen LogP contribution in [-0.2, 0) is 10.1 Å². The summed E-state index contributed by atoms with van der Waals surface area (Å²) in [4.78, 5) is -0.916. The van der Waals surface area contributed by atoms with E-state index in [9.17, 15) is 17.4 Å². The van der Waals surface area contributed by atoms with Gasteiger partial charge in [0, 0.05) is 0 Å². The van der Waals surface area contributed by atoms with Gasteiger partial charge in [-0.15, -0.1) is 0 Å². The quantitative estimate of drug-likeness (QED) is 0.673. The molecule has 0 aliphatic carbocycles. The van der Waals surface area contributed by atoms with Crippen LogP contribution >= 0.6 is 0 Å². The highest BCUT2D eigenvalue weighted by molar-refractivity contribution is 7.88. The molecule has 0 spiro atoms. The summed E-state index contributed by atoms with van der Waals surface area (Å²) < 4.78 is 44.7. The van der Waals surface area contributed by atoms with Crippen molar-refractivity contribution < 1.29 is 17.4 Å². The monoisotopic (exact) mass is 262 g/mol. The summed E-state index contributed by atoms with van der Waals surface area (Å²) in [6.07, 6.45) is 0. The number of halogens is 1. The van der Waals surface area contributed by atoms with Gasteiger partial charge in [-0.2, -0.15) is 8.42 Å². The third kappa shape index (κ3) is 3.13. The fourth-order valence-corrected chi connectivity index (χ4v) is 7.02. The molecule has 0 radical (unpaired) electrons. The van der Waals surface area contributed by atoms with Crippen molar-refractivity contribution in [2.45, 2.75) is 24.5 Å². The van der Waals surface area contributed by atoms with Crippen LogP contribution in [0.2, 0.25) is 19.6 Å². The molecule has 0 aliphatic heterocycles. The molecule has 3 nitrogen and oxygen atoms in total. The first kappa shape index (κ1) is 13.3. The summed E-state index contributed by atoms with van der Waals surface area (Å²) in [5.41, 5.74) is 0.447. The van der Waals surface area contributed by atoms with Crippen LogP contribution in [0.1, 0.15) is 10.4 Å².